The lowest BCUT2D eigenvalue weighted by atomic mass is 9.93. The third-order valence-corrected chi connectivity index (χ3v) is 4.51. The Balaban J connectivity index is 2.19. The molecule has 2 fully saturated rings. The van der Waals surface area contributed by atoms with Crippen molar-refractivity contribution in [2.24, 2.45) is 11.7 Å². The summed E-state index contributed by atoms with van der Waals surface area (Å²) in [4.78, 5) is 27.9. The normalized spacial score (nSPS) is 28.8. The van der Waals surface area contributed by atoms with Crippen LogP contribution >= 0.6 is 0 Å². The van der Waals surface area contributed by atoms with Crippen molar-refractivity contribution < 1.29 is 14.7 Å². The number of aliphatic hydroxyl groups excluding tert-OH is 1. The summed E-state index contributed by atoms with van der Waals surface area (Å²) in [7, 11) is 0. The summed E-state index contributed by atoms with van der Waals surface area (Å²) < 4.78 is 0. The van der Waals surface area contributed by atoms with Crippen LogP contribution in [0.3, 0.4) is 0 Å². The molecule has 0 saturated carbocycles. The second kappa shape index (κ2) is 5.69. The van der Waals surface area contributed by atoms with Crippen molar-refractivity contribution in [1.29, 1.82) is 0 Å². The SMILES string of the molecule is CC(C)CN1CCCC12CCN([C@@H](CO)C(N)=O)C2=O. The van der Waals surface area contributed by atoms with Crippen molar-refractivity contribution in [2.45, 2.75) is 44.7 Å². The van der Waals surface area contributed by atoms with Crippen molar-refractivity contribution in [3.63, 3.8) is 0 Å². The molecule has 2 aliphatic heterocycles. The number of hydrogen-bond acceptors (Lipinski definition) is 4. The van der Waals surface area contributed by atoms with Crippen LogP contribution in [-0.4, -0.2) is 64.5 Å². The van der Waals surface area contributed by atoms with Gasteiger partial charge in [-0.3, -0.25) is 14.5 Å². The number of nitrogens with zero attached hydrogens (tertiary/aromatic N) is 2. The maximum Gasteiger partial charge on any atom is 0.243 e. The highest BCUT2D eigenvalue weighted by molar-refractivity contribution is 5.93. The van der Waals surface area contributed by atoms with Crippen LogP contribution in [0.15, 0.2) is 0 Å². The van der Waals surface area contributed by atoms with E-state index >= 15 is 0 Å². The molecule has 2 amide bonds. The minimum atomic E-state index is -0.886. The van der Waals surface area contributed by atoms with Crippen LogP contribution in [0, 0.1) is 5.92 Å². The summed E-state index contributed by atoms with van der Waals surface area (Å²) in [6.07, 6.45) is 2.57. The van der Waals surface area contributed by atoms with Gasteiger partial charge in [0.05, 0.1) is 6.61 Å². The van der Waals surface area contributed by atoms with Crippen LogP contribution in [0.4, 0.5) is 0 Å². The smallest absolute Gasteiger partial charge is 0.243 e. The van der Waals surface area contributed by atoms with Crippen LogP contribution in [0.1, 0.15) is 33.1 Å². The highest BCUT2D eigenvalue weighted by atomic mass is 16.3. The monoisotopic (exact) mass is 283 g/mol. The van der Waals surface area contributed by atoms with Crippen molar-refractivity contribution in [3.8, 4) is 0 Å². The highest BCUT2D eigenvalue weighted by Gasteiger charge is 2.54. The van der Waals surface area contributed by atoms with Crippen molar-refractivity contribution >= 4 is 11.8 Å². The van der Waals surface area contributed by atoms with Gasteiger partial charge >= 0.3 is 0 Å². The molecule has 3 N–H and O–H groups in total. The molecule has 6 heteroatoms. The van der Waals surface area contributed by atoms with Crippen molar-refractivity contribution in [1.82, 2.24) is 9.80 Å². The van der Waals surface area contributed by atoms with Gasteiger partial charge in [0, 0.05) is 13.1 Å². The average Bonchev–Trinajstić information content (AvgIpc) is 2.89. The number of carbonyl (C=O) groups is 2. The number of nitrogens with two attached hydrogens (primary N) is 1. The number of aliphatic hydroxyl groups is 1. The average molecular weight is 283 g/mol. The largest absolute Gasteiger partial charge is 0.394 e. The van der Waals surface area contributed by atoms with E-state index < -0.39 is 24.1 Å². The number of likely N-dealkylation sites (tertiary alicyclic amines) is 2. The quantitative estimate of drug-likeness (QED) is 0.716. The Morgan fingerprint density at radius 1 is 1.40 bits per heavy atom. The van der Waals surface area contributed by atoms with Gasteiger partial charge in [0.2, 0.25) is 11.8 Å². The van der Waals surface area contributed by atoms with Gasteiger partial charge < -0.3 is 15.7 Å². The van der Waals surface area contributed by atoms with E-state index in [2.05, 4.69) is 18.7 Å². The Bertz CT molecular complexity index is 399. The molecule has 2 heterocycles. The van der Waals surface area contributed by atoms with Crippen LogP contribution in [-0.2, 0) is 9.59 Å². The third kappa shape index (κ3) is 2.42. The van der Waals surface area contributed by atoms with E-state index in [1.54, 1.807) is 0 Å². The number of rotatable bonds is 5. The molecule has 114 valence electrons. The predicted molar refractivity (Wildman–Crippen MR) is 74.8 cm³/mol. The van der Waals surface area contributed by atoms with E-state index in [0.717, 1.165) is 32.4 Å². The zero-order valence-corrected chi connectivity index (χ0v) is 12.3. The number of amides is 2. The fraction of sp³-hybridized carbons (Fsp3) is 0.857. The predicted octanol–water partition coefficient (Wildman–Crippen LogP) is -0.444. The van der Waals surface area contributed by atoms with Crippen LogP contribution in [0.2, 0.25) is 0 Å². The van der Waals surface area contributed by atoms with Gasteiger partial charge in [0.25, 0.3) is 0 Å². The first kappa shape index (κ1) is 15.3. The van der Waals surface area contributed by atoms with E-state index in [1.165, 1.54) is 4.90 Å². The number of hydrogen-bond donors (Lipinski definition) is 2. The fourth-order valence-corrected chi connectivity index (χ4v) is 3.59. The fourth-order valence-electron chi connectivity index (χ4n) is 3.59. The maximum atomic E-state index is 12.8. The number of primary amides is 1. The molecule has 1 unspecified atom stereocenters. The van der Waals surface area contributed by atoms with Gasteiger partial charge in [0.15, 0.2) is 0 Å². The maximum absolute atomic E-state index is 12.8. The van der Waals surface area contributed by atoms with Crippen molar-refractivity contribution in [3.05, 3.63) is 0 Å². The second-order valence-corrected chi connectivity index (χ2v) is 6.32. The Kier molecular flexibility index (Phi) is 4.34. The van der Waals surface area contributed by atoms with Gasteiger partial charge in [-0.05, 0) is 31.7 Å². The highest BCUT2D eigenvalue weighted by Crippen LogP contribution is 2.39. The molecule has 0 aliphatic carbocycles. The molecule has 2 aliphatic rings. The molecule has 0 aromatic heterocycles. The van der Waals surface area contributed by atoms with Crippen molar-refractivity contribution in [2.75, 3.05) is 26.2 Å². The Hall–Kier alpha value is -1.14. The minimum absolute atomic E-state index is 0.0338. The van der Waals surface area contributed by atoms with Gasteiger partial charge in [-0.1, -0.05) is 13.8 Å². The van der Waals surface area contributed by atoms with E-state index in [9.17, 15) is 14.7 Å². The zero-order chi connectivity index (χ0) is 14.9. The van der Waals surface area contributed by atoms with Crippen LogP contribution < -0.4 is 5.73 Å². The summed E-state index contributed by atoms with van der Waals surface area (Å²) >= 11 is 0. The molecule has 0 radical (unpaired) electrons. The summed E-state index contributed by atoms with van der Waals surface area (Å²) in [5.41, 5.74) is 4.82. The molecular weight excluding hydrogens is 258 g/mol. The zero-order valence-electron chi connectivity index (χ0n) is 12.3. The summed E-state index contributed by atoms with van der Waals surface area (Å²) in [5, 5.41) is 9.31. The first-order valence-electron chi connectivity index (χ1n) is 7.38. The van der Waals surface area contributed by atoms with Gasteiger partial charge in [-0.25, -0.2) is 0 Å². The Labute approximate surface area is 119 Å². The number of carbonyl (C=O) groups excluding carboxylic acids is 2. The molecule has 2 rings (SSSR count). The molecule has 6 nitrogen and oxygen atoms in total. The van der Waals surface area contributed by atoms with Crippen LogP contribution in [0.5, 0.6) is 0 Å². The first-order chi connectivity index (χ1) is 9.42. The van der Waals surface area contributed by atoms with Crippen LogP contribution in [0.25, 0.3) is 0 Å². The summed E-state index contributed by atoms with van der Waals surface area (Å²) in [6, 6.07) is -0.886. The lowest BCUT2D eigenvalue weighted by Crippen LogP contribution is -2.55. The summed E-state index contributed by atoms with van der Waals surface area (Å²) in [6.45, 7) is 6.20. The lowest BCUT2D eigenvalue weighted by Gasteiger charge is -2.35. The first-order valence-corrected chi connectivity index (χ1v) is 7.38. The van der Waals surface area contributed by atoms with E-state index in [4.69, 9.17) is 5.73 Å². The molecular formula is C14H25N3O3. The standard InChI is InChI=1S/C14H25N3O3/c1-10(2)8-16-6-3-4-14(16)5-7-17(13(14)20)11(9-18)12(15)19/h10-11,18H,3-9H2,1-2H3,(H2,15,19)/t11-,14?/m0/s1. The third-order valence-electron chi connectivity index (χ3n) is 4.51. The topological polar surface area (TPSA) is 86.9 Å². The molecule has 2 atom stereocenters. The van der Waals surface area contributed by atoms with E-state index in [1.807, 2.05) is 0 Å². The Morgan fingerprint density at radius 3 is 2.65 bits per heavy atom. The molecule has 0 aromatic rings. The van der Waals surface area contributed by atoms with Gasteiger partial charge in [-0.2, -0.15) is 0 Å². The molecule has 0 bridgehead atoms. The molecule has 1 spiro atoms. The lowest BCUT2D eigenvalue weighted by molar-refractivity contribution is -0.143. The second-order valence-electron chi connectivity index (χ2n) is 6.32. The summed E-state index contributed by atoms with van der Waals surface area (Å²) in [5.74, 6) is -0.170. The van der Waals surface area contributed by atoms with E-state index in [-0.39, 0.29) is 5.91 Å². The molecule has 20 heavy (non-hydrogen) atoms. The van der Waals surface area contributed by atoms with E-state index in [0.29, 0.717) is 12.5 Å². The molecule has 2 saturated heterocycles. The Morgan fingerprint density at radius 2 is 2.10 bits per heavy atom. The minimum Gasteiger partial charge on any atom is -0.394 e. The van der Waals surface area contributed by atoms with Gasteiger partial charge in [-0.15, -0.1) is 0 Å². The molecule has 0 aromatic carbocycles. The van der Waals surface area contributed by atoms with Gasteiger partial charge in [0.1, 0.15) is 11.6 Å².